The highest BCUT2D eigenvalue weighted by molar-refractivity contribution is 9.10. The number of aliphatic hydroxyl groups excluding tert-OH is 1. The number of aliphatic hydroxyl groups is 1. The minimum absolute atomic E-state index is 0.116. The van der Waals surface area contributed by atoms with Crippen LogP contribution in [0.25, 0.3) is 0 Å². The Morgan fingerprint density at radius 3 is 2.65 bits per heavy atom. The molecule has 0 saturated carbocycles. The first-order chi connectivity index (χ1) is 9.74. The fourth-order valence-corrected chi connectivity index (χ4v) is 2.48. The smallest absolute Gasteiger partial charge is 0.130 e. The number of para-hydroxylation sites is 1. The van der Waals surface area contributed by atoms with E-state index in [4.69, 9.17) is 9.84 Å². The monoisotopic (exact) mass is 335 g/mol. The molecule has 0 aromatic heterocycles. The van der Waals surface area contributed by atoms with E-state index in [1.807, 2.05) is 49.5 Å². The van der Waals surface area contributed by atoms with E-state index in [-0.39, 0.29) is 6.61 Å². The van der Waals surface area contributed by atoms with E-state index in [0.29, 0.717) is 6.42 Å². The van der Waals surface area contributed by atoms with Crippen LogP contribution in [0.5, 0.6) is 11.5 Å². The van der Waals surface area contributed by atoms with Crippen LogP contribution in [0.15, 0.2) is 46.9 Å². The third kappa shape index (κ3) is 3.82. The van der Waals surface area contributed by atoms with Crippen LogP contribution < -0.4 is 10.1 Å². The molecule has 2 aromatic rings. The Hall–Kier alpha value is -1.36. The summed E-state index contributed by atoms with van der Waals surface area (Å²) in [5.74, 6) is 1.57. The second kappa shape index (κ2) is 7.43. The molecule has 106 valence electrons. The van der Waals surface area contributed by atoms with Gasteiger partial charge in [-0.15, -0.1) is 0 Å². The third-order valence-corrected chi connectivity index (χ3v) is 3.71. The summed E-state index contributed by atoms with van der Waals surface area (Å²) < 4.78 is 6.93. The van der Waals surface area contributed by atoms with Crippen LogP contribution in [-0.2, 0) is 13.0 Å². The quantitative estimate of drug-likeness (QED) is 0.848. The number of rotatable bonds is 6. The van der Waals surface area contributed by atoms with E-state index in [1.165, 1.54) is 5.56 Å². The van der Waals surface area contributed by atoms with Gasteiger partial charge in [-0.1, -0.05) is 40.2 Å². The van der Waals surface area contributed by atoms with Crippen molar-refractivity contribution < 1.29 is 9.84 Å². The van der Waals surface area contributed by atoms with Gasteiger partial charge < -0.3 is 15.2 Å². The summed E-state index contributed by atoms with van der Waals surface area (Å²) in [6.07, 6.45) is 0.592. The van der Waals surface area contributed by atoms with Crippen molar-refractivity contribution in [1.29, 1.82) is 0 Å². The highest BCUT2D eigenvalue weighted by atomic mass is 79.9. The topological polar surface area (TPSA) is 41.5 Å². The lowest BCUT2D eigenvalue weighted by molar-refractivity contribution is 0.298. The standard InChI is InChI=1S/C16H18BrNO2/c1-18-11-13-6-7-14(10-15(13)17)20-16-5-3-2-4-12(16)8-9-19/h2-7,10,18-19H,8-9,11H2,1H3. The minimum Gasteiger partial charge on any atom is -0.457 e. The fourth-order valence-electron chi connectivity index (χ4n) is 1.98. The van der Waals surface area contributed by atoms with Crippen molar-refractivity contribution in [1.82, 2.24) is 5.32 Å². The number of benzene rings is 2. The molecule has 0 unspecified atom stereocenters. The molecule has 20 heavy (non-hydrogen) atoms. The van der Waals surface area contributed by atoms with E-state index in [1.54, 1.807) is 0 Å². The number of hydrogen-bond acceptors (Lipinski definition) is 3. The molecule has 4 heteroatoms. The molecule has 0 spiro atoms. The first kappa shape index (κ1) is 15.0. The Kier molecular flexibility index (Phi) is 5.59. The molecule has 0 saturated heterocycles. The van der Waals surface area contributed by atoms with Gasteiger partial charge in [0.15, 0.2) is 0 Å². The molecule has 0 amide bonds. The zero-order valence-corrected chi connectivity index (χ0v) is 13.0. The van der Waals surface area contributed by atoms with Crippen molar-refractivity contribution in [2.24, 2.45) is 0 Å². The van der Waals surface area contributed by atoms with Crippen LogP contribution in [0.2, 0.25) is 0 Å². The van der Waals surface area contributed by atoms with E-state index in [2.05, 4.69) is 21.2 Å². The number of halogens is 1. The molecule has 0 aliphatic rings. The highest BCUT2D eigenvalue weighted by Gasteiger charge is 2.06. The normalized spacial score (nSPS) is 10.6. The molecule has 0 aliphatic heterocycles. The van der Waals surface area contributed by atoms with Crippen LogP contribution in [0.3, 0.4) is 0 Å². The lowest BCUT2D eigenvalue weighted by atomic mass is 10.1. The summed E-state index contributed by atoms with van der Waals surface area (Å²) in [5, 5.41) is 12.2. The average Bonchev–Trinajstić information content (AvgIpc) is 2.44. The number of hydrogen-bond donors (Lipinski definition) is 2. The van der Waals surface area contributed by atoms with Crippen molar-refractivity contribution in [2.45, 2.75) is 13.0 Å². The number of nitrogens with one attached hydrogen (secondary N) is 1. The molecule has 0 aliphatic carbocycles. The molecule has 0 bridgehead atoms. The molecule has 3 nitrogen and oxygen atoms in total. The van der Waals surface area contributed by atoms with Gasteiger partial charge >= 0.3 is 0 Å². The van der Waals surface area contributed by atoms with Crippen LogP contribution in [0.4, 0.5) is 0 Å². The van der Waals surface area contributed by atoms with Gasteiger partial charge in [0, 0.05) is 17.6 Å². The maximum atomic E-state index is 9.08. The van der Waals surface area contributed by atoms with E-state index < -0.39 is 0 Å². The average molecular weight is 336 g/mol. The van der Waals surface area contributed by atoms with Gasteiger partial charge in [-0.25, -0.2) is 0 Å². The van der Waals surface area contributed by atoms with Crippen molar-refractivity contribution >= 4 is 15.9 Å². The first-order valence-corrected chi connectivity index (χ1v) is 7.33. The molecule has 0 heterocycles. The molecule has 2 rings (SSSR count). The number of ether oxygens (including phenoxy) is 1. The van der Waals surface area contributed by atoms with Crippen molar-refractivity contribution in [2.75, 3.05) is 13.7 Å². The predicted molar refractivity (Wildman–Crippen MR) is 84.2 cm³/mol. The lowest BCUT2D eigenvalue weighted by Gasteiger charge is -2.12. The van der Waals surface area contributed by atoms with E-state index in [9.17, 15) is 0 Å². The summed E-state index contributed by atoms with van der Waals surface area (Å²) in [7, 11) is 1.92. The molecule has 0 radical (unpaired) electrons. The fraction of sp³-hybridized carbons (Fsp3) is 0.250. The van der Waals surface area contributed by atoms with Gasteiger partial charge in [-0.2, -0.15) is 0 Å². The maximum absolute atomic E-state index is 9.08. The van der Waals surface area contributed by atoms with Crippen molar-refractivity contribution in [3.63, 3.8) is 0 Å². The third-order valence-electron chi connectivity index (χ3n) is 2.97. The summed E-state index contributed by atoms with van der Waals surface area (Å²) in [5.41, 5.74) is 2.19. The van der Waals surface area contributed by atoms with E-state index in [0.717, 1.165) is 28.1 Å². The largest absolute Gasteiger partial charge is 0.457 e. The van der Waals surface area contributed by atoms with E-state index >= 15 is 0 Å². The second-order valence-corrected chi connectivity index (χ2v) is 5.32. The molecule has 2 N–H and O–H groups in total. The second-order valence-electron chi connectivity index (χ2n) is 4.47. The summed E-state index contributed by atoms with van der Waals surface area (Å²) in [6, 6.07) is 13.7. The van der Waals surface area contributed by atoms with Gasteiger partial charge in [0.25, 0.3) is 0 Å². The van der Waals surface area contributed by atoms with Crippen LogP contribution in [0.1, 0.15) is 11.1 Å². The minimum atomic E-state index is 0.116. The van der Waals surface area contributed by atoms with Crippen LogP contribution >= 0.6 is 15.9 Å². The summed E-state index contributed by atoms with van der Waals surface area (Å²) >= 11 is 3.55. The van der Waals surface area contributed by atoms with Gasteiger partial charge in [-0.05, 0) is 42.8 Å². The van der Waals surface area contributed by atoms with Crippen molar-refractivity contribution in [3.05, 3.63) is 58.1 Å². The Labute approximate surface area is 127 Å². The Balaban J connectivity index is 2.20. The Morgan fingerprint density at radius 2 is 1.95 bits per heavy atom. The van der Waals surface area contributed by atoms with Crippen LogP contribution in [0, 0.1) is 0 Å². The van der Waals surface area contributed by atoms with Crippen LogP contribution in [-0.4, -0.2) is 18.8 Å². The predicted octanol–water partition coefficient (Wildman–Crippen LogP) is 3.50. The first-order valence-electron chi connectivity index (χ1n) is 6.54. The van der Waals surface area contributed by atoms with Gasteiger partial charge in [0.2, 0.25) is 0 Å². The highest BCUT2D eigenvalue weighted by Crippen LogP contribution is 2.29. The van der Waals surface area contributed by atoms with Gasteiger partial charge in [0.1, 0.15) is 11.5 Å². The zero-order valence-electron chi connectivity index (χ0n) is 11.4. The Bertz CT molecular complexity index is 572. The lowest BCUT2D eigenvalue weighted by Crippen LogP contribution is -2.05. The molecule has 0 fully saturated rings. The summed E-state index contributed by atoms with van der Waals surface area (Å²) in [4.78, 5) is 0. The molecule has 2 aromatic carbocycles. The Morgan fingerprint density at radius 1 is 1.15 bits per heavy atom. The van der Waals surface area contributed by atoms with Gasteiger partial charge in [-0.3, -0.25) is 0 Å². The SMILES string of the molecule is CNCc1ccc(Oc2ccccc2CCO)cc1Br. The zero-order chi connectivity index (χ0) is 14.4. The maximum Gasteiger partial charge on any atom is 0.130 e. The van der Waals surface area contributed by atoms with Crippen molar-refractivity contribution in [3.8, 4) is 11.5 Å². The molecule has 0 atom stereocenters. The molecular weight excluding hydrogens is 318 g/mol. The molecular formula is C16H18BrNO2. The van der Waals surface area contributed by atoms with Gasteiger partial charge in [0.05, 0.1) is 0 Å². The summed E-state index contributed by atoms with van der Waals surface area (Å²) in [6.45, 7) is 0.924.